The molecule has 2 saturated heterocycles. The van der Waals surface area contributed by atoms with Gasteiger partial charge >= 0.3 is 0 Å². The van der Waals surface area contributed by atoms with Crippen LogP contribution in [0.2, 0.25) is 0 Å². The second-order valence-electron chi connectivity index (χ2n) is 14.5. The summed E-state index contributed by atoms with van der Waals surface area (Å²) in [5.41, 5.74) is 5.71. The molecule has 1 atom stereocenters. The molecule has 3 aromatic rings. The molecular weight excluding hydrogens is 630 g/mol. The molecule has 2 aliphatic heterocycles. The highest BCUT2D eigenvalue weighted by molar-refractivity contribution is 6.01. The smallest absolute Gasteiger partial charge is 0.264 e. The summed E-state index contributed by atoms with van der Waals surface area (Å²) in [5.74, 6) is 0.495. The van der Waals surface area contributed by atoms with Crippen LogP contribution in [0.1, 0.15) is 72.3 Å². The summed E-state index contributed by atoms with van der Waals surface area (Å²) in [5, 5.41) is 9.74. The number of benzene rings is 2. The maximum absolute atomic E-state index is 14.0. The average Bonchev–Trinajstić information content (AvgIpc) is 3.60. The van der Waals surface area contributed by atoms with E-state index in [2.05, 4.69) is 29.2 Å². The van der Waals surface area contributed by atoms with Gasteiger partial charge in [0.25, 0.3) is 17.4 Å². The predicted octanol–water partition coefficient (Wildman–Crippen LogP) is 5.80. The fraction of sp³-hybridized carbons (Fsp3) is 0.450. The number of methoxy groups -OCH3 is 2. The number of allylic oxidation sites excluding steroid dienone is 1. The first-order valence-electron chi connectivity index (χ1n) is 17.2. The Balaban J connectivity index is 1.28. The molecule has 0 radical (unpaired) electrons. The van der Waals surface area contributed by atoms with E-state index < -0.39 is 0 Å². The van der Waals surface area contributed by atoms with Crippen molar-refractivity contribution < 1.29 is 19.1 Å². The van der Waals surface area contributed by atoms with Gasteiger partial charge in [-0.15, -0.1) is 0 Å². The number of piperazine rings is 1. The van der Waals surface area contributed by atoms with E-state index in [-0.39, 0.29) is 34.4 Å². The highest BCUT2D eigenvalue weighted by Gasteiger charge is 2.33. The first-order valence-corrected chi connectivity index (χ1v) is 17.2. The first-order chi connectivity index (χ1) is 23.8. The molecule has 3 heterocycles. The van der Waals surface area contributed by atoms with Crippen LogP contribution in [0.5, 0.6) is 11.5 Å². The van der Waals surface area contributed by atoms with E-state index in [1.54, 1.807) is 38.1 Å². The Morgan fingerprint density at radius 1 is 0.980 bits per heavy atom. The second-order valence-corrected chi connectivity index (χ2v) is 14.5. The summed E-state index contributed by atoms with van der Waals surface area (Å²) >= 11 is 0. The Morgan fingerprint density at radius 2 is 1.64 bits per heavy atom. The van der Waals surface area contributed by atoms with Crippen LogP contribution in [0.15, 0.2) is 59.0 Å². The predicted molar refractivity (Wildman–Crippen MR) is 194 cm³/mol. The number of nitriles is 1. The zero-order valence-corrected chi connectivity index (χ0v) is 30.6. The van der Waals surface area contributed by atoms with E-state index in [1.807, 2.05) is 62.6 Å². The summed E-state index contributed by atoms with van der Waals surface area (Å²) in [4.78, 5) is 45.9. The fourth-order valence-corrected chi connectivity index (χ4v) is 7.06. The summed E-state index contributed by atoms with van der Waals surface area (Å²) in [6.07, 6.45) is 5.33. The van der Waals surface area contributed by atoms with Crippen molar-refractivity contribution in [3.63, 3.8) is 0 Å². The lowest BCUT2D eigenvalue weighted by atomic mass is 9.93. The van der Waals surface area contributed by atoms with Gasteiger partial charge in [0.15, 0.2) is 0 Å². The molecule has 0 bridgehead atoms. The van der Waals surface area contributed by atoms with Crippen molar-refractivity contribution in [3.05, 3.63) is 92.4 Å². The van der Waals surface area contributed by atoms with Crippen LogP contribution in [-0.2, 0) is 18.4 Å². The lowest BCUT2D eigenvalue weighted by Gasteiger charge is -2.35. The number of hydrogen-bond acceptors (Lipinski definition) is 7. The van der Waals surface area contributed by atoms with Crippen molar-refractivity contribution >= 4 is 11.8 Å². The Bertz CT molecular complexity index is 1880. The molecule has 2 aromatic carbocycles. The minimum absolute atomic E-state index is 0.0457. The molecule has 264 valence electrons. The maximum atomic E-state index is 14.0. The molecule has 2 aliphatic rings. The van der Waals surface area contributed by atoms with Gasteiger partial charge in [-0.2, -0.15) is 5.26 Å². The first kappa shape index (κ1) is 36.4. The number of amides is 2. The third-order valence-electron chi connectivity index (χ3n) is 9.80. The van der Waals surface area contributed by atoms with Gasteiger partial charge in [0, 0.05) is 63.6 Å². The molecule has 5 rings (SSSR count). The molecular formula is C40H49N5O5. The highest BCUT2D eigenvalue weighted by Crippen LogP contribution is 2.38. The molecule has 10 nitrogen and oxygen atoms in total. The molecule has 0 spiro atoms. The number of likely N-dealkylation sites (tertiary alicyclic amines) is 1. The van der Waals surface area contributed by atoms with E-state index in [0.717, 1.165) is 47.2 Å². The number of pyridine rings is 1. The minimum atomic E-state index is -0.267. The van der Waals surface area contributed by atoms with Crippen LogP contribution in [0, 0.1) is 30.6 Å². The largest absolute Gasteiger partial charge is 0.496 e. The maximum Gasteiger partial charge on any atom is 0.264 e. The van der Waals surface area contributed by atoms with Gasteiger partial charge in [-0.3, -0.25) is 19.3 Å². The standard InChI is InChI=1S/C40H49N5O5/c1-26-27(2)37(46)42(6)25-32(26)30-20-34(49-7)36(35(21-30)50-8)39(48)44-17-15-43(16-18-44)24-28-11-9-12-29(19-28)33-13-10-14-45(33)38(47)31(23-41)22-40(3,4)5/h9,11-12,19-22,25,33H,10,13-18,24H2,1-8H3. The van der Waals surface area contributed by atoms with E-state index in [1.165, 1.54) is 0 Å². The zero-order chi connectivity index (χ0) is 36.3. The van der Waals surface area contributed by atoms with Gasteiger partial charge in [0.05, 0.1) is 20.3 Å². The Kier molecular flexibility index (Phi) is 10.9. The van der Waals surface area contributed by atoms with Crippen LogP contribution >= 0.6 is 0 Å². The molecule has 2 amide bonds. The Labute approximate surface area is 295 Å². The number of aromatic nitrogens is 1. The summed E-state index contributed by atoms with van der Waals surface area (Å²) in [6.45, 7) is 13.6. The number of carbonyl (C=O) groups is 2. The van der Waals surface area contributed by atoms with Crippen molar-refractivity contribution in [2.75, 3.05) is 46.9 Å². The molecule has 1 unspecified atom stereocenters. The van der Waals surface area contributed by atoms with Gasteiger partial charge < -0.3 is 23.8 Å². The molecule has 10 heteroatoms. The number of hydrogen-bond donors (Lipinski definition) is 0. The summed E-state index contributed by atoms with van der Waals surface area (Å²) in [6, 6.07) is 14.2. The molecule has 1 aromatic heterocycles. The Morgan fingerprint density at radius 3 is 2.24 bits per heavy atom. The fourth-order valence-electron chi connectivity index (χ4n) is 7.06. The Hall–Kier alpha value is -4.88. The van der Waals surface area contributed by atoms with Crippen molar-refractivity contribution in [1.82, 2.24) is 19.3 Å². The average molecular weight is 680 g/mol. The van der Waals surface area contributed by atoms with Gasteiger partial charge in [-0.05, 0) is 66.5 Å². The second kappa shape index (κ2) is 14.9. The molecule has 0 saturated carbocycles. The van der Waals surface area contributed by atoms with E-state index in [9.17, 15) is 19.6 Å². The van der Waals surface area contributed by atoms with Crippen molar-refractivity contribution in [2.45, 2.75) is 60.0 Å². The molecule has 50 heavy (non-hydrogen) atoms. The SMILES string of the molecule is COc1cc(-c2cn(C)c(=O)c(C)c2C)cc(OC)c1C(=O)N1CCN(Cc2cccc(C3CCCN3C(=O)C(C#N)=CC(C)(C)C)c2)CC1. The number of rotatable bonds is 8. The number of ether oxygens (including phenoxy) is 2. The van der Waals surface area contributed by atoms with Crippen LogP contribution in [0.3, 0.4) is 0 Å². The number of nitrogens with zero attached hydrogens (tertiary/aromatic N) is 5. The quantitative estimate of drug-likeness (QED) is 0.219. The van der Waals surface area contributed by atoms with Gasteiger partial charge in [0.2, 0.25) is 0 Å². The zero-order valence-electron chi connectivity index (χ0n) is 30.6. The van der Waals surface area contributed by atoms with Crippen molar-refractivity contribution in [1.29, 1.82) is 5.26 Å². The summed E-state index contributed by atoms with van der Waals surface area (Å²) in [7, 11) is 4.82. The lowest BCUT2D eigenvalue weighted by Crippen LogP contribution is -2.48. The van der Waals surface area contributed by atoms with E-state index >= 15 is 0 Å². The van der Waals surface area contributed by atoms with Crippen LogP contribution in [0.25, 0.3) is 11.1 Å². The van der Waals surface area contributed by atoms with E-state index in [0.29, 0.717) is 55.3 Å². The van der Waals surface area contributed by atoms with E-state index in [4.69, 9.17) is 9.47 Å². The molecule has 2 fully saturated rings. The van der Waals surface area contributed by atoms with Gasteiger partial charge in [-0.25, -0.2) is 0 Å². The normalized spacial score (nSPS) is 17.1. The minimum Gasteiger partial charge on any atom is -0.496 e. The molecule has 0 aliphatic carbocycles. The third-order valence-corrected chi connectivity index (χ3v) is 9.80. The highest BCUT2D eigenvalue weighted by atomic mass is 16.5. The van der Waals surface area contributed by atoms with Crippen molar-refractivity contribution in [3.8, 4) is 28.7 Å². The van der Waals surface area contributed by atoms with Gasteiger partial charge in [-0.1, -0.05) is 51.1 Å². The van der Waals surface area contributed by atoms with Crippen molar-refractivity contribution in [2.24, 2.45) is 12.5 Å². The molecule has 0 N–H and O–H groups in total. The van der Waals surface area contributed by atoms with Crippen LogP contribution < -0.4 is 15.0 Å². The number of carbonyl (C=O) groups excluding carboxylic acids is 2. The third kappa shape index (κ3) is 7.63. The van der Waals surface area contributed by atoms with Crippen LogP contribution in [-0.4, -0.2) is 78.0 Å². The summed E-state index contributed by atoms with van der Waals surface area (Å²) < 4.78 is 13.1. The lowest BCUT2D eigenvalue weighted by molar-refractivity contribution is -0.127. The topological polar surface area (TPSA) is 108 Å². The number of aryl methyl sites for hydroxylation is 1. The van der Waals surface area contributed by atoms with Crippen LogP contribution in [0.4, 0.5) is 0 Å². The monoisotopic (exact) mass is 679 g/mol. The van der Waals surface area contributed by atoms with Gasteiger partial charge in [0.1, 0.15) is 28.7 Å².